The smallest absolute Gasteiger partial charge is 0.293 e. The lowest BCUT2D eigenvalue weighted by Gasteiger charge is -2.03. The molecule has 2 N–H and O–H groups in total. The Morgan fingerprint density at radius 3 is 1.62 bits per heavy atom. The SMILES string of the molecule is Cn1[nH]c(-c2cccc(-c3[nH]n(C)c(=O)c3N=O)c2)c(N=O)c1=O. The summed E-state index contributed by atoms with van der Waals surface area (Å²) in [7, 11) is 2.93. The van der Waals surface area contributed by atoms with Crippen LogP contribution in [0.15, 0.2) is 44.2 Å². The van der Waals surface area contributed by atoms with Gasteiger partial charge in [0.2, 0.25) is 0 Å². The first kappa shape index (κ1) is 15.3. The number of benzene rings is 1. The van der Waals surface area contributed by atoms with Crippen molar-refractivity contribution in [3.05, 3.63) is 54.8 Å². The van der Waals surface area contributed by atoms with E-state index in [1.54, 1.807) is 24.3 Å². The van der Waals surface area contributed by atoms with Gasteiger partial charge in [0.1, 0.15) is 0 Å². The Bertz CT molecular complexity index is 986. The number of hydrogen-bond acceptors (Lipinski definition) is 6. The van der Waals surface area contributed by atoms with Crippen molar-refractivity contribution in [2.45, 2.75) is 0 Å². The van der Waals surface area contributed by atoms with Crippen molar-refractivity contribution in [3.8, 4) is 22.5 Å². The number of aromatic amines is 2. The molecule has 0 amide bonds. The Kier molecular flexibility index (Phi) is 3.56. The number of nitroso groups, excluding NO2 is 2. The average molecular weight is 328 g/mol. The maximum absolute atomic E-state index is 11.8. The molecule has 0 bridgehead atoms. The minimum atomic E-state index is -0.547. The summed E-state index contributed by atoms with van der Waals surface area (Å²) in [5.74, 6) is 0. The third-order valence-corrected chi connectivity index (χ3v) is 3.67. The molecular formula is C14H12N6O4. The van der Waals surface area contributed by atoms with Gasteiger partial charge in [0.05, 0.1) is 11.4 Å². The van der Waals surface area contributed by atoms with Crippen LogP contribution >= 0.6 is 0 Å². The summed E-state index contributed by atoms with van der Waals surface area (Å²) in [5, 5.41) is 11.1. The van der Waals surface area contributed by atoms with E-state index in [2.05, 4.69) is 20.6 Å². The quantitative estimate of drug-likeness (QED) is 0.707. The zero-order valence-electron chi connectivity index (χ0n) is 12.7. The number of aromatic nitrogens is 4. The summed E-state index contributed by atoms with van der Waals surface area (Å²) in [6, 6.07) is 6.60. The second-order valence-corrected chi connectivity index (χ2v) is 5.16. The van der Waals surface area contributed by atoms with Crippen molar-refractivity contribution in [1.82, 2.24) is 19.6 Å². The first-order chi connectivity index (χ1) is 11.5. The van der Waals surface area contributed by atoms with Gasteiger partial charge in [0, 0.05) is 25.2 Å². The molecule has 1 aromatic carbocycles. The van der Waals surface area contributed by atoms with E-state index in [4.69, 9.17) is 0 Å². The van der Waals surface area contributed by atoms with E-state index in [0.29, 0.717) is 11.1 Å². The Labute approximate surface area is 133 Å². The predicted molar refractivity (Wildman–Crippen MR) is 87.4 cm³/mol. The lowest BCUT2D eigenvalue weighted by molar-refractivity contribution is 0.742. The van der Waals surface area contributed by atoms with E-state index in [-0.39, 0.29) is 22.8 Å². The largest absolute Gasteiger partial charge is 0.296 e. The van der Waals surface area contributed by atoms with Gasteiger partial charge in [-0.3, -0.25) is 29.2 Å². The third kappa shape index (κ3) is 2.20. The molecule has 24 heavy (non-hydrogen) atoms. The molecule has 0 saturated carbocycles. The normalized spacial score (nSPS) is 10.8. The number of H-pyrrole nitrogens is 2. The van der Waals surface area contributed by atoms with Crippen LogP contribution in [0.5, 0.6) is 0 Å². The summed E-state index contributed by atoms with van der Waals surface area (Å²) in [6.45, 7) is 0. The number of nitrogens with zero attached hydrogens (tertiary/aromatic N) is 4. The average Bonchev–Trinajstić information content (AvgIpc) is 3.04. The van der Waals surface area contributed by atoms with Crippen molar-refractivity contribution in [2.75, 3.05) is 0 Å². The highest BCUT2D eigenvalue weighted by Gasteiger charge is 2.18. The Morgan fingerprint density at radius 1 is 0.833 bits per heavy atom. The molecular weight excluding hydrogens is 316 g/mol. The molecule has 0 unspecified atom stereocenters. The van der Waals surface area contributed by atoms with Gasteiger partial charge in [0.15, 0.2) is 11.4 Å². The van der Waals surface area contributed by atoms with Crippen LogP contribution in [0.3, 0.4) is 0 Å². The van der Waals surface area contributed by atoms with Gasteiger partial charge in [0.25, 0.3) is 11.1 Å². The van der Waals surface area contributed by atoms with Crippen LogP contribution in [0.1, 0.15) is 0 Å². The van der Waals surface area contributed by atoms with Gasteiger partial charge in [-0.2, -0.15) is 0 Å². The number of aryl methyl sites for hydroxylation is 2. The molecule has 0 radical (unpaired) electrons. The second-order valence-electron chi connectivity index (χ2n) is 5.16. The van der Waals surface area contributed by atoms with Gasteiger partial charge < -0.3 is 0 Å². The van der Waals surface area contributed by atoms with Crippen molar-refractivity contribution in [2.24, 2.45) is 24.4 Å². The zero-order valence-corrected chi connectivity index (χ0v) is 12.7. The van der Waals surface area contributed by atoms with Crippen LogP contribution in [0.25, 0.3) is 22.5 Å². The van der Waals surface area contributed by atoms with Crippen LogP contribution in [0.4, 0.5) is 11.4 Å². The van der Waals surface area contributed by atoms with Crippen LogP contribution in [0, 0.1) is 9.81 Å². The summed E-state index contributed by atoms with van der Waals surface area (Å²) in [5.41, 5.74) is -0.0865. The maximum Gasteiger partial charge on any atom is 0.296 e. The van der Waals surface area contributed by atoms with E-state index in [1.807, 2.05) is 0 Å². The highest BCUT2D eigenvalue weighted by molar-refractivity contribution is 5.79. The van der Waals surface area contributed by atoms with Crippen molar-refractivity contribution >= 4 is 11.4 Å². The molecule has 0 fully saturated rings. The summed E-state index contributed by atoms with van der Waals surface area (Å²) < 4.78 is 2.28. The van der Waals surface area contributed by atoms with Gasteiger partial charge in [-0.25, -0.2) is 0 Å². The van der Waals surface area contributed by atoms with Crippen LogP contribution in [0.2, 0.25) is 0 Å². The molecule has 2 heterocycles. The van der Waals surface area contributed by atoms with Crippen LogP contribution < -0.4 is 11.1 Å². The van der Waals surface area contributed by atoms with Crippen LogP contribution in [-0.4, -0.2) is 19.6 Å². The highest BCUT2D eigenvalue weighted by atomic mass is 16.3. The van der Waals surface area contributed by atoms with E-state index in [0.717, 1.165) is 9.36 Å². The molecule has 10 heteroatoms. The molecule has 2 aromatic heterocycles. The first-order valence-corrected chi connectivity index (χ1v) is 6.83. The Hall–Kier alpha value is -3.56. The number of hydrogen-bond donors (Lipinski definition) is 2. The zero-order chi connectivity index (χ0) is 17.4. The minimum absolute atomic E-state index is 0.245. The Balaban J connectivity index is 2.22. The molecule has 0 aliphatic carbocycles. The summed E-state index contributed by atoms with van der Waals surface area (Å²) in [4.78, 5) is 45.6. The summed E-state index contributed by atoms with van der Waals surface area (Å²) in [6.07, 6.45) is 0. The van der Waals surface area contributed by atoms with E-state index in [1.165, 1.54) is 14.1 Å². The number of rotatable bonds is 4. The molecule has 3 aromatic rings. The van der Waals surface area contributed by atoms with Gasteiger partial charge >= 0.3 is 0 Å². The molecule has 10 nitrogen and oxygen atoms in total. The molecule has 3 rings (SSSR count). The van der Waals surface area contributed by atoms with E-state index >= 15 is 0 Å². The van der Waals surface area contributed by atoms with E-state index < -0.39 is 11.1 Å². The molecule has 122 valence electrons. The molecule has 0 aliphatic heterocycles. The molecule has 0 atom stereocenters. The topological polar surface area (TPSA) is 134 Å². The lowest BCUT2D eigenvalue weighted by Crippen LogP contribution is -2.10. The fraction of sp³-hybridized carbons (Fsp3) is 0.143. The van der Waals surface area contributed by atoms with Crippen molar-refractivity contribution in [1.29, 1.82) is 0 Å². The second kappa shape index (κ2) is 5.57. The molecule has 0 aliphatic rings. The molecule has 0 saturated heterocycles. The highest BCUT2D eigenvalue weighted by Crippen LogP contribution is 2.31. The van der Waals surface area contributed by atoms with Gasteiger partial charge in [-0.1, -0.05) is 18.2 Å². The molecule has 0 spiro atoms. The van der Waals surface area contributed by atoms with Crippen molar-refractivity contribution < 1.29 is 0 Å². The van der Waals surface area contributed by atoms with Gasteiger partial charge in [-0.15, -0.1) is 9.81 Å². The third-order valence-electron chi connectivity index (χ3n) is 3.67. The van der Waals surface area contributed by atoms with Crippen molar-refractivity contribution in [3.63, 3.8) is 0 Å². The van der Waals surface area contributed by atoms with E-state index in [9.17, 15) is 19.4 Å². The predicted octanol–water partition coefficient (Wildman–Crippen LogP) is 1.87. The first-order valence-electron chi connectivity index (χ1n) is 6.83. The Morgan fingerprint density at radius 2 is 1.25 bits per heavy atom. The monoisotopic (exact) mass is 328 g/mol. The lowest BCUT2D eigenvalue weighted by atomic mass is 10.0. The fourth-order valence-electron chi connectivity index (χ4n) is 2.48. The number of nitrogens with one attached hydrogen (secondary N) is 2. The van der Waals surface area contributed by atoms with Gasteiger partial charge in [-0.05, 0) is 16.4 Å². The fourth-order valence-corrected chi connectivity index (χ4v) is 2.48. The minimum Gasteiger partial charge on any atom is -0.293 e. The van der Waals surface area contributed by atoms with Crippen LogP contribution in [-0.2, 0) is 14.1 Å². The maximum atomic E-state index is 11.8. The summed E-state index contributed by atoms with van der Waals surface area (Å²) >= 11 is 0. The standard InChI is InChI=1S/C14H12N6O4/c1-19-13(21)11(17-23)9(15-19)7-4-3-5-8(6-7)10-12(18-24)14(22)20(2)16-10/h3-6,15-16H,1-2H3.